The van der Waals surface area contributed by atoms with Crippen molar-refractivity contribution in [2.45, 2.75) is 32.7 Å². The normalized spacial score (nSPS) is 13.1. The van der Waals surface area contributed by atoms with Gasteiger partial charge >= 0.3 is 0 Å². The first-order chi connectivity index (χ1) is 13.1. The third-order valence-corrected chi connectivity index (χ3v) is 4.32. The molecule has 1 saturated carbocycles. The van der Waals surface area contributed by atoms with Crippen molar-refractivity contribution >= 4 is 11.7 Å². The van der Waals surface area contributed by atoms with Crippen LogP contribution in [0.15, 0.2) is 42.6 Å². The highest BCUT2D eigenvalue weighted by Gasteiger charge is 2.22. The monoisotopic (exact) mass is 368 g/mol. The van der Waals surface area contributed by atoms with Crippen molar-refractivity contribution in [2.75, 3.05) is 13.2 Å². The molecular formula is C21H24N2O4. The van der Waals surface area contributed by atoms with Crippen molar-refractivity contribution in [1.29, 1.82) is 0 Å². The largest absolute Gasteiger partial charge is 0.484 e. The first-order valence-corrected chi connectivity index (χ1v) is 9.24. The molecule has 0 spiro atoms. The number of carbonyl (C=O) groups is 2. The number of rotatable bonds is 10. The summed E-state index contributed by atoms with van der Waals surface area (Å²) in [5, 5.41) is 2.79. The number of ether oxygens (including phenoxy) is 2. The molecule has 3 rings (SSSR count). The van der Waals surface area contributed by atoms with Gasteiger partial charge in [0.1, 0.15) is 5.75 Å². The average molecular weight is 368 g/mol. The number of pyridine rings is 1. The van der Waals surface area contributed by atoms with E-state index in [4.69, 9.17) is 9.47 Å². The van der Waals surface area contributed by atoms with Crippen LogP contribution in [-0.2, 0) is 11.3 Å². The quantitative estimate of drug-likeness (QED) is 0.652. The fourth-order valence-corrected chi connectivity index (χ4v) is 2.43. The second-order valence-electron chi connectivity index (χ2n) is 6.63. The molecule has 2 aromatic rings. The lowest BCUT2D eigenvalue weighted by Gasteiger charge is -2.09. The lowest BCUT2D eigenvalue weighted by Crippen LogP contribution is -2.28. The van der Waals surface area contributed by atoms with Crippen LogP contribution in [0.25, 0.3) is 0 Å². The smallest absolute Gasteiger partial charge is 0.258 e. The fourth-order valence-electron chi connectivity index (χ4n) is 2.43. The lowest BCUT2D eigenvalue weighted by atomic mass is 10.1. The van der Waals surface area contributed by atoms with Crippen molar-refractivity contribution in [3.8, 4) is 11.6 Å². The highest BCUT2D eigenvalue weighted by atomic mass is 16.5. The Morgan fingerprint density at radius 1 is 1.11 bits per heavy atom. The molecule has 1 aromatic heterocycles. The maximum absolute atomic E-state index is 11.9. The van der Waals surface area contributed by atoms with E-state index in [1.807, 2.05) is 19.1 Å². The molecule has 6 nitrogen and oxygen atoms in total. The number of aromatic nitrogens is 1. The van der Waals surface area contributed by atoms with Gasteiger partial charge in [-0.15, -0.1) is 0 Å². The molecule has 0 aliphatic heterocycles. The van der Waals surface area contributed by atoms with Gasteiger partial charge in [-0.3, -0.25) is 9.59 Å². The van der Waals surface area contributed by atoms with Gasteiger partial charge < -0.3 is 14.8 Å². The predicted molar refractivity (Wildman–Crippen MR) is 101 cm³/mol. The molecule has 142 valence electrons. The Morgan fingerprint density at radius 2 is 1.89 bits per heavy atom. The van der Waals surface area contributed by atoms with Crippen LogP contribution in [0.3, 0.4) is 0 Å². The van der Waals surface area contributed by atoms with Crippen molar-refractivity contribution in [3.63, 3.8) is 0 Å². The molecule has 0 saturated heterocycles. The number of nitrogens with zero attached hydrogens (tertiary/aromatic N) is 1. The second-order valence-corrected chi connectivity index (χ2v) is 6.63. The summed E-state index contributed by atoms with van der Waals surface area (Å²) in [5.41, 5.74) is 1.54. The Kier molecular flexibility index (Phi) is 6.41. The fraction of sp³-hybridized carbons (Fsp3) is 0.381. The molecule has 0 unspecified atom stereocenters. The van der Waals surface area contributed by atoms with Gasteiger partial charge in [-0.1, -0.05) is 13.0 Å². The molecule has 1 aromatic carbocycles. The number of Topliss-reactive ketones (excluding diaryl/α,β-unsaturated/α-hetero) is 1. The van der Waals surface area contributed by atoms with Gasteiger partial charge in [-0.25, -0.2) is 4.98 Å². The van der Waals surface area contributed by atoms with E-state index in [0.29, 0.717) is 36.1 Å². The van der Waals surface area contributed by atoms with Crippen LogP contribution < -0.4 is 14.8 Å². The van der Waals surface area contributed by atoms with Crippen LogP contribution in [0.5, 0.6) is 11.6 Å². The van der Waals surface area contributed by atoms with Crippen LogP contribution in [0.1, 0.15) is 42.1 Å². The molecule has 27 heavy (non-hydrogen) atoms. The van der Waals surface area contributed by atoms with E-state index in [2.05, 4.69) is 10.3 Å². The van der Waals surface area contributed by atoms with Crippen molar-refractivity contribution in [1.82, 2.24) is 10.3 Å². The summed E-state index contributed by atoms with van der Waals surface area (Å²) in [6.07, 6.45) is 4.65. The predicted octanol–water partition coefficient (Wildman–Crippen LogP) is 3.16. The third-order valence-electron chi connectivity index (χ3n) is 4.32. The molecule has 0 atom stereocenters. The molecule has 6 heteroatoms. The van der Waals surface area contributed by atoms with E-state index in [-0.39, 0.29) is 18.3 Å². The molecule has 0 radical (unpaired) electrons. The van der Waals surface area contributed by atoms with Crippen LogP contribution in [0.2, 0.25) is 0 Å². The van der Waals surface area contributed by atoms with Gasteiger partial charge in [0.05, 0.1) is 6.61 Å². The van der Waals surface area contributed by atoms with Gasteiger partial charge in [-0.2, -0.15) is 0 Å². The van der Waals surface area contributed by atoms with Crippen molar-refractivity contribution in [3.05, 3.63) is 53.7 Å². The summed E-state index contributed by atoms with van der Waals surface area (Å²) >= 11 is 0. The standard InChI is InChI=1S/C21H24N2O4/c1-2-19(24)17-6-8-18(9-7-17)26-14-20(25)22-11-16-5-10-21(23-12-16)27-13-15-3-4-15/h5-10,12,15H,2-4,11,13-14H2,1H3,(H,22,25). The molecule has 1 N–H and O–H groups in total. The minimum atomic E-state index is -0.224. The summed E-state index contributed by atoms with van der Waals surface area (Å²) in [5.74, 6) is 1.71. The number of amides is 1. The Morgan fingerprint density at radius 3 is 2.52 bits per heavy atom. The van der Waals surface area contributed by atoms with Gasteiger partial charge in [0, 0.05) is 30.8 Å². The van der Waals surface area contributed by atoms with Gasteiger partial charge in [-0.05, 0) is 48.6 Å². The third kappa shape index (κ3) is 6.09. The molecule has 1 amide bonds. The van der Waals surface area contributed by atoms with E-state index in [0.717, 1.165) is 12.2 Å². The number of ketones is 1. The summed E-state index contributed by atoms with van der Waals surface area (Å²) < 4.78 is 11.0. The second kappa shape index (κ2) is 9.16. The number of nitrogens with one attached hydrogen (secondary N) is 1. The number of hydrogen-bond donors (Lipinski definition) is 1. The highest BCUT2D eigenvalue weighted by molar-refractivity contribution is 5.95. The topological polar surface area (TPSA) is 77.5 Å². The molecular weight excluding hydrogens is 344 g/mol. The zero-order chi connectivity index (χ0) is 19.1. The van der Waals surface area contributed by atoms with E-state index in [1.165, 1.54) is 12.8 Å². The van der Waals surface area contributed by atoms with E-state index >= 15 is 0 Å². The van der Waals surface area contributed by atoms with Crippen LogP contribution >= 0.6 is 0 Å². The summed E-state index contributed by atoms with van der Waals surface area (Å²) in [4.78, 5) is 27.8. The van der Waals surface area contributed by atoms with Crippen molar-refractivity contribution in [2.24, 2.45) is 5.92 Å². The number of benzene rings is 1. The van der Waals surface area contributed by atoms with Gasteiger partial charge in [0.15, 0.2) is 12.4 Å². The van der Waals surface area contributed by atoms with E-state index in [9.17, 15) is 9.59 Å². The van der Waals surface area contributed by atoms with Crippen LogP contribution in [-0.4, -0.2) is 29.9 Å². The minimum Gasteiger partial charge on any atom is -0.484 e. The SMILES string of the molecule is CCC(=O)c1ccc(OCC(=O)NCc2ccc(OCC3CC3)nc2)cc1. The Bertz CT molecular complexity index is 768. The number of carbonyl (C=O) groups excluding carboxylic acids is 2. The number of hydrogen-bond acceptors (Lipinski definition) is 5. The summed E-state index contributed by atoms with van der Waals surface area (Å²) in [6, 6.07) is 10.5. The van der Waals surface area contributed by atoms with Gasteiger partial charge in [0.2, 0.25) is 5.88 Å². The summed E-state index contributed by atoms with van der Waals surface area (Å²) in [7, 11) is 0. The maximum atomic E-state index is 11.9. The highest BCUT2D eigenvalue weighted by Crippen LogP contribution is 2.29. The van der Waals surface area contributed by atoms with Crippen LogP contribution in [0, 0.1) is 5.92 Å². The molecule has 1 aliphatic carbocycles. The zero-order valence-electron chi connectivity index (χ0n) is 15.4. The maximum Gasteiger partial charge on any atom is 0.258 e. The van der Waals surface area contributed by atoms with E-state index in [1.54, 1.807) is 30.5 Å². The van der Waals surface area contributed by atoms with E-state index < -0.39 is 0 Å². The first kappa shape index (κ1) is 18.9. The van der Waals surface area contributed by atoms with Crippen LogP contribution in [0.4, 0.5) is 0 Å². The molecule has 1 aliphatic rings. The zero-order valence-corrected chi connectivity index (χ0v) is 15.4. The lowest BCUT2D eigenvalue weighted by molar-refractivity contribution is -0.123. The minimum absolute atomic E-state index is 0.0804. The first-order valence-electron chi connectivity index (χ1n) is 9.24. The van der Waals surface area contributed by atoms with Gasteiger partial charge in [0.25, 0.3) is 5.91 Å². The Balaban J connectivity index is 1.38. The Hall–Kier alpha value is -2.89. The summed E-state index contributed by atoms with van der Waals surface area (Å²) in [6.45, 7) is 2.84. The molecule has 1 heterocycles. The molecule has 0 bridgehead atoms. The average Bonchev–Trinajstić information content (AvgIpc) is 3.54. The molecule has 1 fully saturated rings. The Labute approximate surface area is 158 Å². The van der Waals surface area contributed by atoms with Crippen molar-refractivity contribution < 1.29 is 19.1 Å².